The van der Waals surface area contributed by atoms with Gasteiger partial charge in [0, 0.05) is 0 Å². The molecule has 148 valence electrons. The van der Waals surface area contributed by atoms with E-state index in [1.807, 2.05) is 0 Å². The number of methoxy groups -OCH3 is 1. The average molecular weight is 374 g/mol. The molecule has 2 fully saturated rings. The van der Waals surface area contributed by atoms with Gasteiger partial charge in [0.05, 0.1) is 25.4 Å². The number of halogens is 1. The van der Waals surface area contributed by atoms with Crippen molar-refractivity contribution in [2.75, 3.05) is 13.7 Å². The fourth-order valence-electron chi connectivity index (χ4n) is 4.81. The number of ether oxygens (including phenoxy) is 2. The van der Waals surface area contributed by atoms with Crippen LogP contribution >= 0.6 is 0 Å². The van der Waals surface area contributed by atoms with Gasteiger partial charge >= 0.3 is 5.97 Å². The maximum absolute atomic E-state index is 14.6. The Morgan fingerprint density at radius 3 is 2.67 bits per heavy atom. The second kappa shape index (κ2) is 9.50. The van der Waals surface area contributed by atoms with Gasteiger partial charge in [0.2, 0.25) is 0 Å². The van der Waals surface area contributed by atoms with Gasteiger partial charge in [0.15, 0.2) is 0 Å². The first-order valence-electron chi connectivity index (χ1n) is 10.3. The Morgan fingerprint density at radius 2 is 1.93 bits per heavy atom. The monoisotopic (exact) mass is 374 g/mol. The van der Waals surface area contributed by atoms with Crippen LogP contribution in [0.1, 0.15) is 73.7 Å². The highest BCUT2D eigenvalue weighted by molar-refractivity contribution is 5.89. The zero-order valence-corrected chi connectivity index (χ0v) is 16.5. The molecule has 0 spiro atoms. The van der Waals surface area contributed by atoms with Crippen LogP contribution in [0.5, 0.6) is 0 Å². The summed E-state index contributed by atoms with van der Waals surface area (Å²) in [5.41, 5.74) is 1.03. The van der Waals surface area contributed by atoms with Crippen LogP contribution in [-0.4, -0.2) is 25.8 Å². The maximum Gasteiger partial charge on any atom is 0.337 e. The fourth-order valence-corrected chi connectivity index (χ4v) is 4.81. The summed E-state index contributed by atoms with van der Waals surface area (Å²) in [4.78, 5) is 11.6. The topological polar surface area (TPSA) is 35.5 Å². The number of carbonyl (C=O) groups is 1. The van der Waals surface area contributed by atoms with Crippen molar-refractivity contribution < 1.29 is 18.7 Å². The predicted octanol–water partition coefficient (Wildman–Crippen LogP) is 5.65. The lowest BCUT2D eigenvalue weighted by Gasteiger charge is -2.42. The van der Waals surface area contributed by atoms with Crippen LogP contribution in [0, 0.1) is 17.7 Å². The molecule has 1 aromatic rings. The lowest BCUT2D eigenvalue weighted by atomic mass is 9.65. The van der Waals surface area contributed by atoms with Crippen LogP contribution in [0.2, 0.25) is 0 Å². The number of hydrogen-bond acceptors (Lipinski definition) is 3. The Labute approximate surface area is 161 Å². The third-order valence-electron chi connectivity index (χ3n) is 6.26. The van der Waals surface area contributed by atoms with Gasteiger partial charge in [0.25, 0.3) is 0 Å². The van der Waals surface area contributed by atoms with E-state index in [1.54, 1.807) is 12.1 Å². The van der Waals surface area contributed by atoms with Gasteiger partial charge in [-0.25, -0.2) is 9.18 Å². The van der Waals surface area contributed by atoms with Crippen molar-refractivity contribution in [3.8, 4) is 0 Å². The molecule has 4 heteroatoms. The van der Waals surface area contributed by atoms with Gasteiger partial charge in [-0.15, -0.1) is 0 Å². The van der Waals surface area contributed by atoms with Crippen LogP contribution in [0.25, 0.3) is 0 Å². The quantitative estimate of drug-likeness (QED) is 0.477. The number of allylic oxidation sites excluding steroid dienone is 1. The van der Waals surface area contributed by atoms with E-state index in [0.29, 0.717) is 17.9 Å². The molecule has 27 heavy (non-hydrogen) atoms. The highest BCUT2D eigenvalue weighted by Gasteiger charge is 2.37. The molecule has 0 N–H and O–H groups in total. The predicted molar refractivity (Wildman–Crippen MR) is 104 cm³/mol. The minimum absolute atomic E-state index is 0.253. The van der Waals surface area contributed by atoms with Crippen molar-refractivity contribution in [2.24, 2.45) is 11.8 Å². The van der Waals surface area contributed by atoms with Crippen molar-refractivity contribution in [1.29, 1.82) is 0 Å². The van der Waals surface area contributed by atoms with E-state index in [9.17, 15) is 9.18 Å². The molecule has 0 aliphatic heterocycles. The molecule has 2 saturated carbocycles. The minimum Gasteiger partial charge on any atom is -0.465 e. The number of rotatable bonds is 6. The second-order valence-electron chi connectivity index (χ2n) is 7.91. The third-order valence-corrected chi connectivity index (χ3v) is 6.26. The number of esters is 1. The number of carbonyl (C=O) groups excluding carboxylic acids is 1. The zero-order valence-electron chi connectivity index (χ0n) is 16.5. The first-order valence-corrected chi connectivity index (χ1v) is 10.3. The smallest absolute Gasteiger partial charge is 0.337 e. The molecule has 4 atom stereocenters. The van der Waals surface area contributed by atoms with Gasteiger partial charge in [-0.3, -0.25) is 0 Å². The Bertz CT molecular complexity index is 670. The van der Waals surface area contributed by atoms with Crippen molar-refractivity contribution in [3.05, 3.63) is 47.3 Å². The molecular weight excluding hydrogens is 343 g/mol. The van der Waals surface area contributed by atoms with Crippen molar-refractivity contribution in [1.82, 2.24) is 0 Å². The van der Waals surface area contributed by atoms with Gasteiger partial charge in [-0.05, 0) is 80.4 Å². The van der Waals surface area contributed by atoms with Crippen LogP contribution in [0.3, 0.4) is 0 Å². The van der Waals surface area contributed by atoms with Crippen LogP contribution < -0.4 is 0 Å². The summed E-state index contributed by atoms with van der Waals surface area (Å²) in [5, 5.41) is 0. The van der Waals surface area contributed by atoms with E-state index in [1.165, 1.54) is 19.6 Å². The maximum atomic E-state index is 14.6. The number of fused-ring (bicyclic) bond motifs is 1. The van der Waals surface area contributed by atoms with E-state index in [0.717, 1.165) is 50.7 Å². The van der Waals surface area contributed by atoms with E-state index in [2.05, 4.69) is 23.8 Å². The summed E-state index contributed by atoms with van der Waals surface area (Å²) in [6, 6.07) is 4.79. The molecule has 0 aromatic heterocycles. The second-order valence-corrected chi connectivity index (χ2v) is 7.91. The van der Waals surface area contributed by atoms with Gasteiger partial charge in [-0.1, -0.05) is 25.1 Å². The molecule has 3 nitrogen and oxygen atoms in total. The van der Waals surface area contributed by atoms with Gasteiger partial charge in [-0.2, -0.15) is 0 Å². The summed E-state index contributed by atoms with van der Waals surface area (Å²) in [5.74, 6) is 0.849. The minimum atomic E-state index is -0.490. The molecule has 2 aliphatic rings. The summed E-state index contributed by atoms with van der Waals surface area (Å²) in [7, 11) is 1.32. The molecule has 3 rings (SSSR count). The first kappa shape index (κ1) is 20.1. The highest BCUT2D eigenvalue weighted by Crippen LogP contribution is 2.47. The Balaban J connectivity index is 1.57. The molecule has 0 radical (unpaired) electrons. The van der Waals surface area contributed by atoms with E-state index >= 15 is 0 Å². The molecule has 0 bridgehead atoms. The van der Waals surface area contributed by atoms with Gasteiger partial charge in [0.1, 0.15) is 5.82 Å². The zero-order chi connectivity index (χ0) is 19.2. The molecule has 4 unspecified atom stereocenters. The van der Waals surface area contributed by atoms with Crippen LogP contribution in [0.4, 0.5) is 4.39 Å². The highest BCUT2D eigenvalue weighted by atomic mass is 19.1. The fraction of sp³-hybridized carbons (Fsp3) is 0.609. The SMILES string of the molecule is CC/C=C/COC1CCC2CC(c3ccc(C(=O)OC)cc3F)CCC2C1. The van der Waals surface area contributed by atoms with E-state index in [4.69, 9.17) is 4.74 Å². The molecule has 1 aromatic carbocycles. The van der Waals surface area contributed by atoms with Crippen LogP contribution in [-0.2, 0) is 9.47 Å². The summed E-state index contributed by atoms with van der Waals surface area (Å²) < 4.78 is 25.3. The summed E-state index contributed by atoms with van der Waals surface area (Å²) in [6.45, 7) is 2.85. The molecule has 0 heterocycles. The van der Waals surface area contributed by atoms with E-state index < -0.39 is 5.97 Å². The Morgan fingerprint density at radius 1 is 1.15 bits per heavy atom. The number of hydrogen-bond donors (Lipinski definition) is 0. The van der Waals surface area contributed by atoms with E-state index in [-0.39, 0.29) is 17.3 Å². The first-order chi connectivity index (χ1) is 13.1. The summed E-state index contributed by atoms with van der Waals surface area (Å²) in [6.07, 6.45) is 12.3. The standard InChI is InChI=1S/C23H31FO3/c1-3-4-5-12-27-20-10-8-16-13-18(7-6-17(16)14-20)21-11-9-19(15-22(21)24)23(25)26-2/h4-5,9,11,15-18,20H,3,6-8,10,12-14H2,1-2H3/b5-4+. The van der Waals surface area contributed by atoms with Crippen molar-refractivity contribution >= 4 is 5.97 Å². The number of benzene rings is 1. The van der Waals surface area contributed by atoms with Crippen LogP contribution in [0.15, 0.2) is 30.4 Å². The lowest BCUT2D eigenvalue weighted by Crippen LogP contribution is -2.34. The third kappa shape index (κ3) is 4.98. The Hall–Kier alpha value is -1.68. The van der Waals surface area contributed by atoms with Gasteiger partial charge < -0.3 is 9.47 Å². The normalized spacial score (nSPS) is 28.1. The molecular formula is C23H31FO3. The largest absolute Gasteiger partial charge is 0.465 e. The Kier molecular flexibility index (Phi) is 7.06. The average Bonchev–Trinajstić information content (AvgIpc) is 2.70. The molecule has 2 aliphatic carbocycles. The molecule has 0 saturated heterocycles. The van der Waals surface area contributed by atoms with Crippen molar-refractivity contribution in [2.45, 2.75) is 63.9 Å². The lowest BCUT2D eigenvalue weighted by molar-refractivity contribution is -0.00336. The van der Waals surface area contributed by atoms with Crippen molar-refractivity contribution in [3.63, 3.8) is 0 Å². The molecule has 0 amide bonds. The summed E-state index contributed by atoms with van der Waals surface area (Å²) >= 11 is 0.